The molecule has 1 heterocycles. The molecule has 2 amide bonds. The van der Waals surface area contributed by atoms with Gasteiger partial charge in [-0.15, -0.1) is 0 Å². The fourth-order valence-corrected chi connectivity index (χ4v) is 3.83. The molecule has 5 heteroatoms. The second kappa shape index (κ2) is 7.80. The third kappa shape index (κ3) is 3.74. The van der Waals surface area contributed by atoms with E-state index in [1.807, 2.05) is 24.3 Å². The highest BCUT2D eigenvalue weighted by Crippen LogP contribution is 2.22. The number of carbonyl (C=O) groups is 2. The molecule has 0 saturated carbocycles. The van der Waals surface area contributed by atoms with E-state index in [0.717, 1.165) is 21.9 Å². The fourth-order valence-electron chi connectivity index (χ4n) is 3.83. The van der Waals surface area contributed by atoms with Crippen LogP contribution in [0.2, 0.25) is 0 Å². The molecule has 142 valence electrons. The molecule has 0 spiro atoms. The van der Waals surface area contributed by atoms with Gasteiger partial charge in [-0.25, -0.2) is 4.39 Å². The molecular weight excluding hydrogens is 355 g/mol. The number of nitrogens with zero attached hydrogens (tertiary/aromatic N) is 1. The Morgan fingerprint density at radius 3 is 2.64 bits per heavy atom. The lowest BCUT2D eigenvalue weighted by atomic mass is 9.96. The van der Waals surface area contributed by atoms with Gasteiger partial charge < -0.3 is 10.2 Å². The molecule has 1 atom stereocenters. The highest BCUT2D eigenvalue weighted by Gasteiger charge is 2.33. The molecule has 28 heavy (non-hydrogen) atoms. The summed E-state index contributed by atoms with van der Waals surface area (Å²) in [7, 11) is 0. The largest absolute Gasteiger partial charge is 0.346 e. The summed E-state index contributed by atoms with van der Waals surface area (Å²) in [5.41, 5.74) is 1.95. The number of hydrogen-bond donors (Lipinski definition) is 1. The third-order valence-electron chi connectivity index (χ3n) is 5.26. The van der Waals surface area contributed by atoms with Crippen molar-refractivity contribution < 1.29 is 14.0 Å². The van der Waals surface area contributed by atoms with E-state index >= 15 is 0 Å². The number of amides is 2. The molecule has 4 nitrogen and oxygen atoms in total. The van der Waals surface area contributed by atoms with Crippen LogP contribution in [0.1, 0.15) is 11.1 Å². The Morgan fingerprint density at radius 2 is 1.79 bits per heavy atom. The van der Waals surface area contributed by atoms with Crippen molar-refractivity contribution in [1.29, 1.82) is 0 Å². The molecular formula is C23H21FN2O2. The molecule has 0 unspecified atom stereocenters. The van der Waals surface area contributed by atoms with Gasteiger partial charge in [0.25, 0.3) is 0 Å². The van der Waals surface area contributed by atoms with Gasteiger partial charge in [0.2, 0.25) is 0 Å². The molecule has 1 aliphatic heterocycles. The van der Waals surface area contributed by atoms with Gasteiger partial charge >= 0.3 is 11.8 Å². The van der Waals surface area contributed by atoms with E-state index in [-0.39, 0.29) is 11.9 Å². The first-order chi connectivity index (χ1) is 13.6. The van der Waals surface area contributed by atoms with Crippen molar-refractivity contribution in [3.05, 3.63) is 83.7 Å². The zero-order chi connectivity index (χ0) is 19.5. The molecule has 1 saturated heterocycles. The van der Waals surface area contributed by atoms with Crippen LogP contribution in [0.4, 0.5) is 4.39 Å². The topological polar surface area (TPSA) is 49.4 Å². The molecule has 1 aliphatic rings. The van der Waals surface area contributed by atoms with Gasteiger partial charge in [-0.1, -0.05) is 54.6 Å². The fraction of sp³-hybridized carbons (Fsp3) is 0.217. The summed E-state index contributed by atoms with van der Waals surface area (Å²) >= 11 is 0. The molecule has 1 N–H and O–H groups in total. The minimum Gasteiger partial charge on any atom is -0.346 e. The molecule has 3 aromatic rings. The average molecular weight is 376 g/mol. The standard InChI is InChI=1S/C23H21FN2O2/c24-19-9-3-5-16(13-19)11-12-26-20(15-25-22(27)23(26)28)14-18-8-4-7-17-6-1-2-10-21(17)18/h1-10,13,20H,11-12,14-15H2,(H,25,27)/t20-/m1/s1. The lowest BCUT2D eigenvalue weighted by Gasteiger charge is -2.35. The van der Waals surface area contributed by atoms with Crippen molar-refractivity contribution in [2.45, 2.75) is 18.9 Å². The maximum absolute atomic E-state index is 13.4. The molecule has 0 aromatic heterocycles. The number of rotatable bonds is 5. The minimum atomic E-state index is -0.576. The van der Waals surface area contributed by atoms with Gasteiger partial charge in [0, 0.05) is 13.1 Å². The van der Waals surface area contributed by atoms with Crippen molar-refractivity contribution in [2.24, 2.45) is 0 Å². The number of piperazine rings is 1. The zero-order valence-corrected chi connectivity index (χ0v) is 15.4. The van der Waals surface area contributed by atoms with Crippen LogP contribution in [0.25, 0.3) is 10.8 Å². The van der Waals surface area contributed by atoms with Gasteiger partial charge in [-0.05, 0) is 46.9 Å². The van der Waals surface area contributed by atoms with Crippen LogP contribution >= 0.6 is 0 Å². The second-order valence-electron chi connectivity index (χ2n) is 7.08. The number of hydrogen-bond acceptors (Lipinski definition) is 2. The summed E-state index contributed by atoms with van der Waals surface area (Å²) in [5.74, 6) is -1.39. The zero-order valence-electron chi connectivity index (χ0n) is 15.4. The van der Waals surface area contributed by atoms with Crippen molar-refractivity contribution in [2.75, 3.05) is 13.1 Å². The van der Waals surface area contributed by atoms with Gasteiger partial charge in [0.05, 0.1) is 6.04 Å². The SMILES string of the molecule is O=C1NC[C@@H](Cc2cccc3ccccc23)N(CCc2cccc(F)c2)C1=O. The molecule has 1 fully saturated rings. The quantitative estimate of drug-likeness (QED) is 0.696. The molecule has 3 aromatic carbocycles. The van der Waals surface area contributed by atoms with Crippen LogP contribution in [0.5, 0.6) is 0 Å². The molecule has 0 bridgehead atoms. The maximum atomic E-state index is 13.4. The van der Waals surface area contributed by atoms with Crippen LogP contribution in [0.3, 0.4) is 0 Å². The van der Waals surface area contributed by atoms with Crippen LogP contribution in [0, 0.1) is 5.82 Å². The Kier molecular flexibility index (Phi) is 5.06. The van der Waals surface area contributed by atoms with E-state index in [9.17, 15) is 14.0 Å². The molecule has 0 radical (unpaired) electrons. The van der Waals surface area contributed by atoms with Crippen molar-refractivity contribution >= 4 is 22.6 Å². The number of carbonyl (C=O) groups excluding carboxylic acids is 2. The number of benzene rings is 3. The Hall–Kier alpha value is -3.21. The van der Waals surface area contributed by atoms with Crippen molar-refractivity contribution in [1.82, 2.24) is 10.2 Å². The number of nitrogens with one attached hydrogen (secondary N) is 1. The number of fused-ring (bicyclic) bond motifs is 1. The van der Waals surface area contributed by atoms with Crippen molar-refractivity contribution in [3.8, 4) is 0 Å². The van der Waals surface area contributed by atoms with Crippen LogP contribution < -0.4 is 5.32 Å². The third-order valence-corrected chi connectivity index (χ3v) is 5.26. The predicted octanol–water partition coefficient (Wildman–Crippen LogP) is 3.09. The Labute approximate surface area is 163 Å². The van der Waals surface area contributed by atoms with Crippen LogP contribution in [-0.4, -0.2) is 35.8 Å². The lowest BCUT2D eigenvalue weighted by molar-refractivity contribution is -0.150. The Balaban J connectivity index is 1.56. The van der Waals surface area contributed by atoms with Gasteiger partial charge in [0.15, 0.2) is 0 Å². The van der Waals surface area contributed by atoms with E-state index < -0.39 is 11.8 Å². The van der Waals surface area contributed by atoms with Crippen molar-refractivity contribution in [3.63, 3.8) is 0 Å². The lowest BCUT2D eigenvalue weighted by Crippen LogP contribution is -2.59. The predicted molar refractivity (Wildman–Crippen MR) is 106 cm³/mol. The van der Waals surface area contributed by atoms with E-state index in [1.54, 1.807) is 11.0 Å². The summed E-state index contributed by atoms with van der Waals surface area (Å²) in [6, 6.07) is 20.5. The van der Waals surface area contributed by atoms with E-state index in [1.165, 1.54) is 12.1 Å². The van der Waals surface area contributed by atoms with Gasteiger partial charge in [0.1, 0.15) is 5.82 Å². The summed E-state index contributed by atoms with van der Waals surface area (Å²) in [5, 5.41) is 5.00. The van der Waals surface area contributed by atoms with Crippen LogP contribution in [-0.2, 0) is 22.4 Å². The van der Waals surface area contributed by atoms with E-state index in [2.05, 4.69) is 29.6 Å². The summed E-state index contributed by atoms with van der Waals surface area (Å²) < 4.78 is 13.4. The molecule has 4 rings (SSSR count). The average Bonchev–Trinajstić information content (AvgIpc) is 2.71. The first-order valence-corrected chi connectivity index (χ1v) is 9.42. The van der Waals surface area contributed by atoms with Gasteiger partial charge in [-0.2, -0.15) is 0 Å². The first-order valence-electron chi connectivity index (χ1n) is 9.42. The minimum absolute atomic E-state index is 0.135. The summed E-state index contributed by atoms with van der Waals surface area (Å²) in [6.07, 6.45) is 1.15. The van der Waals surface area contributed by atoms with E-state index in [0.29, 0.717) is 25.9 Å². The highest BCUT2D eigenvalue weighted by atomic mass is 19.1. The number of halogens is 1. The summed E-state index contributed by atoms with van der Waals surface area (Å²) in [6.45, 7) is 0.794. The summed E-state index contributed by atoms with van der Waals surface area (Å²) in [4.78, 5) is 26.1. The Morgan fingerprint density at radius 1 is 1.00 bits per heavy atom. The molecule has 0 aliphatic carbocycles. The Bertz CT molecular complexity index is 1030. The smallest absolute Gasteiger partial charge is 0.312 e. The monoisotopic (exact) mass is 376 g/mol. The normalized spacial score (nSPS) is 17.0. The first kappa shape index (κ1) is 18.2. The van der Waals surface area contributed by atoms with Gasteiger partial charge in [-0.3, -0.25) is 9.59 Å². The van der Waals surface area contributed by atoms with E-state index in [4.69, 9.17) is 0 Å². The van der Waals surface area contributed by atoms with Crippen LogP contribution in [0.15, 0.2) is 66.7 Å². The highest BCUT2D eigenvalue weighted by molar-refractivity contribution is 6.35. The second-order valence-corrected chi connectivity index (χ2v) is 7.08. The maximum Gasteiger partial charge on any atom is 0.312 e.